The number of likely N-dealkylation sites (tertiary alicyclic amines) is 2. The second-order valence-corrected chi connectivity index (χ2v) is 8.66. The quantitative estimate of drug-likeness (QED) is 0.540. The summed E-state index contributed by atoms with van der Waals surface area (Å²) < 4.78 is 20.6. The van der Waals surface area contributed by atoms with Crippen LogP contribution < -0.4 is 10.5 Å². The molecule has 2 aromatic heterocycles. The van der Waals surface area contributed by atoms with Crippen molar-refractivity contribution in [3.63, 3.8) is 0 Å². The van der Waals surface area contributed by atoms with Crippen LogP contribution in [0, 0.1) is 5.82 Å². The fourth-order valence-electron chi connectivity index (χ4n) is 4.86. The van der Waals surface area contributed by atoms with Crippen molar-refractivity contribution in [3.8, 4) is 11.5 Å². The summed E-state index contributed by atoms with van der Waals surface area (Å²) >= 11 is 0. The highest BCUT2D eigenvalue weighted by Crippen LogP contribution is 2.33. The van der Waals surface area contributed by atoms with Crippen LogP contribution in [0.5, 0.6) is 11.5 Å². The number of rotatable bonds is 6. The van der Waals surface area contributed by atoms with Gasteiger partial charge < -0.3 is 25.5 Å². The zero-order valence-corrected chi connectivity index (χ0v) is 17.8. The predicted molar refractivity (Wildman–Crippen MR) is 117 cm³/mol. The van der Waals surface area contributed by atoms with Crippen molar-refractivity contribution < 1.29 is 19.0 Å². The average Bonchev–Trinajstić information content (AvgIpc) is 3.48. The standard InChI is InChI=1S/C23H26FN5O3/c1-28-10-16-8-15(28)11-29(16)23(31)18(25)7-13-2-3-19(17(24)6-13)32-20-4-5-26-22-21(20)14(12-30)9-27-22/h2-6,9,15-16,18,30H,7-8,10-12,25H2,1H3,(H,26,27)/t15-,16-,18-/m0/s1. The van der Waals surface area contributed by atoms with E-state index < -0.39 is 11.9 Å². The molecule has 2 bridgehead atoms. The Hall–Kier alpha value is -3.01. The Morgan fingerprint density at radius 2 is 2.19 bits per heavy atom. The van der Waals surface area contributed by atoms with Gasteiger partial charge >= 0.3 is 0 Å². The van der Waals surface area contributed by atoms with E-state index in [0.717, 1.165) is 13.0 Å². The molecule has 1 aromatic carbocycles. The maximum absolute atomic E-state index is 14.8. The molecule has 2 saturated heterocycles. The van der Waals surface area contributed by atoms with Gasteiger partial charge in [0.2, 0.25) is 5.91 Å². The van der Waals surface area contributed by atoms with Crippen LogP contribution in [0.15, 0.2) is 36.7 Å². The highest BCUT2D eigenvalue weighted by molar-refractivity contribution is 5.86. The first-order valence-corrected chi connectivity index (χ1v) is 10.7. The molecule has 4 heterocycles. The van der Waals surface area contributed by atoms with Gasteiger partial charge in [0.15, 0.2) is 11.6 Å². The fourth-order valence-corrected chi connectivity index (χ4v) is 4.86. The molecule has 0 aliphatic carbocycles. The highest BCUT2D eigenvalue weighted by Gasteiger charge is 2.44. The van der Waals surface area contributed by atoms with Gasteiger partial charge in [0.25, 0.3) is 0 Å². The fraction of sp³-hybridized carbons (Fsp3) is 0.391. The number of aliphatic hydroxyl groups is 1. The molecular formula is C23H26FN5O3. The molecule has 2 aliphatic heterocycles. The number of benzene rings is 1. The topological polar surface area (TPSA) is 108 Å². The van der Waals surface area contributed by atoms with Gasteiger partial charge in [-0.1, -0.05) is 6.07 Å². The maximum atomic E-state index is 14.8. The SMILES string of the molecule is CN1C[C@@H]2C[C@H]1CN2C(=O)[C@@H](N)Cc1ccc(Oc2ccnc3[nH]cc(CO)c23)c(F)c1. The van der Waals surface area contributed by atoms with E-state index >= 15 is 0 Å². The number of piperazine rings is 1. The summed E-state index contributed by atoms with van der Waals surface area (Å²) in [6.07, 6.45) is 4.45. The molecule has 0 unspecified atom stereocenters. The van der Waals surface area contributed by atoms with Gasteiger partial charge in [0, 0.05) is 43.1 Å². The number of aromatic amines is 1. The summed E-state index contributed by atoms with van der Waals surface area (Å²) in [5, 5.41) is 10.1. The van der Waals surface area contributed by atoms with Gasteiger partial charge in [-0.2, -0.15) is 0 Å². The maximum Gasteiger partial charge on any atom is 0.240 e. The minimum atomic E-state index is -0.711. The molecule has 5 rings (SSSR count). The summed E-state index contributed by atoms with van der Waals surface area (Å²) in [5.74, 6) is -0.177. The Balaban J connectivity index is 1.29. The average molecular weight is 439 g/mol. The Bertz CT molecular complexity index is 1160. The lowest BCUT2D eigenvalue weighted by Gasteiger charge is -2.33. The van der Waals surface area contributed by atoms with Crippen LogP contribution in [-0.4, -0.2) is 69.0 Å². The van der Waals surface area contributed by atoms with Crippen LogP contribution in [0.25, 0.3) is 11.0 Å². The van der Waals surface area contributed by atoms with E-state index in [1.165, 1.54) is 12.1 Å². The molecule has 168 valence electrons. The number of nitrogens with zero attached hydrogens (tertiary/aromatic N) is 3. The number of carbonyl (C=O) groups excluding carboxylic acids is 1. The van der Waals surface area contributed by atoms with Crippen LogP contribution in [-0.2, 0) is 17.8 Å². The first-order chi connectivity index (χ1) is 15.4. The highest BCUT2D eigenvalue weighted by atomic mass is 19.1. The number of aromatic nitrogens is 2. The Labute approximate surface area is 184 Å². The van der Waals surface area contributed by atoms with Crippen molar-refractivity contribution >= 4 is 16.9 Å². The van der Waals surface area contributed by atoms with Crippen LogP contribution >= 0.6 is 0 Å². The number of halogens is 1. The van der Waals surface area contributed by atoms with Crippen LogP contribution in [0.1, 0.15) is 17.5 Å². The molecule has 2 aliphatic rings. The number of H-pyrrole nitrogens is 1. The van der Waals surface area contributed by atoms with E-state index in [1.54, 1.807) is 24.5 Å². The third-order valence-corrected chi connectivity index (χ3v) is 6.57. The molecule has 0 spiro atoms. The normalized spacial score (nSPS) is 21.4. The number of aliphatic hydroxyl groups excluding tert-OH is 1. The minimum absolute atomic E-state index is 0.0473. The van der Waals surface area contributed by atoms with Gasteiger partial charge in [-0.3, -0.25) is 9.69 Å². The molecule has 0 saturated carbocycles. The molecule has 32 heavy (non-hydrogen) atoms. The van der Waals surface area contributed by atoms with Crippen molar-refractivity contribution in [2.24, 2.45) is 5.73 Å². The van der Waals surface area contributed by atoms with Crippen molar-refractivity contribution in [1.82, 2.24) is 19.8 Å². The molecule has 9 heteroatoms. The Kier molecular flexibility index (Phi) is 5.32. The van der Waals surface area contributed by atoms with E-state index in [0.29, 0.717) is 40.5 Å². The minimum Gasteiger partial charge on any atom is -0.453 e. The second-order valence-electron chi connectivity index (χ2n) is 8.66. The second kappa shape index (κ2) is 8.16. The first kappa shape index (κ1) is 20.9. The van der Waals surface area contributed by atoms with Crippen LogP contribution in [0.2, 0.25) is 0 Å². The lowest BCUT2D eigenvalue weighted by atomic mass is 10.0. The molecule has 3 aromatic rings. The number of nitrogens with one attached hydrogen (secondary N) is 1. The number of hydrogen-bond acceptors (Lipinski definition) is 6. The molecule has 1 amide bonds. The van der Waals surface area contributed by atoms with Crippen LogP contribution in [0.3, 0.4) is 0 Å². The largest absolute Gasteiger partial charge is 0.453 e. The first-order valence-electron chi connectivity index (χ1n) is 10.7. The van der Waals surface area contributed by atoms with Gasteiger partial charge in [0.05, 0.1) is 18.0 Å². The zero-order chi connectivity index (χ0) is 22.4. The van der Waals surface area contributed by atoms with Crippen molar-refractivity contribution in [1.29, 1.82) is 0 Å². The molecule has 3 atom stereocenters. The number of hydrogen-bond donors (Lipinski definition) is 3. The van der Waals surface area contributed by atoms with Crippen molar-refractivity contribution in [2.45, 2.75) is 37.6 Å². The molecule has 8 nitrogen and oxygen atoms in total. The van der Waals surface area contributed by atoms with Gasteiger partial charge in [-0.25, -0.2) is 9.37 Å². The van der Waals surface area contributed by atoms with E-state index in [2.05, 4.69) is 21.9 Å². The number of carbonyl (C=O) groups is 1. The lowest BCUT2D eigenvalue weighted by Crippen LogP contribution is -2.52. The Morgan fingerprint density at radius 3 is 2.88 bits per heavy atom. The van der Waals surface area contributed by atoms with E-state index in [9.17, 15) is 14.3 Å². The number of ether oxygens (including phenoxy) is 1. The third-order valence-electron chi connectivity index (χ3n) is 6.57. The summed E-state index contributed by atoms with van der Waals surface area (Å²) in [4.78, 5) is 24.2. The monoisotopic (exact) mass is 439 g/mol. The summed E-state index contributed by atoms with van der Waals surface area (Å²) in [5.41, 5.74) is 8.00. The van der Waals surface area contributed by atoms with Crippen molar-refractivity contribution in [2.75, 3.05) is 20.1 Å². The molecular weight excluding hydrogens is 413 g/mol. The van der Waals surface area contributed by atoms with Gasteiger partial charge in [-0.05, 0) is 43.7 Å². The molecule has 0 radical (unpaired) electrons. The predicted octanol–water partition coefficient (Wildman–Crippen LogP) is 1.77. The number of amides is 1. The number of nitrogens with two attached hydrogens (primary N) is 1. The molecule has 4 N–H and O–H groups in total. The number of pyridine rings is 1. The Morgan fingerprint density at radius 1 is 1.34 bits per heavy atom. The van der Waals surface area contributed by atoms with E-state index in [1.807, 2.05) is 4.90 Å². The summed E-state index contributed by atoms with van der Waals surface area (Å²) in [7, 11) is 2.08. The number of likely N-dealkylation sites (N-methyl/N-ethyl adjacent to an activating group) is 1. The zero-order valence-electron chi connectivity index (χ0n) is 17.8. The van der Waals surface area contributed by atoms with Gasteiger partial charge in [0.1, 0.15) is 11.4 Å². The summed E-state index contributed by atoms with van der Waals surface area (Å²) in [6.45, 7) is 1.40. The smallest absolute Gasteiger partial charge is 0.240 e. The summed E-state index contributed by atoms with van der Waals surface area (Å²) in [6, 6.07) is 6.16. The molecule has 2 fully saturated rings. The van der Waals surface area contributed by atoms with E-state index in [4.69, 9.17) is 10.5 Å². The number of fused-ring (bicyclic) bond motifs is 3. The van der Waals surface area contributed by atoms with Crippen LogP contribution in [0.4, 0.5) is 4.39 Å². The third kappa shape index (κ3) is 3.62. The lowest BCUT2D eigenvalue weighted by molar-refractivity contribution is -0.134. The van der Waals surface area contributed by atoms with Crippen molar-refractivity contribution in [3.05, 3.63) is 53.6 Å². The van der Waals surface area contributed by atoms with Gasteiger partial charge in [-0.15, -0.1) is 0 Å². The van der Waals surface area contributed by atoms with E-state index in [-0.39, 0.29) is 30.7 Å².